The van der Waals surface area contributed by atoms with Gasteiger partial charge in [0, 0.05) is 32.3 Å². The van der Waals surface area contributed by atoms with Crippen molar-refractivity contribution >= 4 is 0 Å². The van der Waals surface area contributed by atoms with E-state index in [4.69, 9.17) is 9.47 Å². The molecule has 1 N–H and O–H groups in total. The predicted molar refractivity (Wildman–Crippen MR) is 85.8 cm³/mol. The maximum Gasteiger partial charge on any atom is 0.119 e. The van der Waals surface area contributed by atoms with Crippen LogP contribution < -0.4 is 10.1 Å². The zero-order chi connectivity index (χ0) is 14.9. The number of hydrogen-bond donors (Lipinski definition) is 1. The number of nitrogens with one attached hydrogen (secondary N) is 1. The Labute approximate surface area is 128 Å². The van der Waals surface area contributed by atoms with Crippen molar-refractivity contribution in [3.05, 3.63) is 29.8 Å². The highest BCUT2D eigenvalue weighted by atomic mass is 16.5. The lowest BCUT2D eigenvalue weighted by atomic mass is 10.2. The van der Waals surface area contributed by atoms with Crippen molar-refractivity contribution in [1.29, 1.82) is 0 Å². The van der Waals surface area contributed by atoms with Crippen LogP contribution in [0, 0.1) is 0 Å². The summed E-state index contributed by atoms with van der Waals surface area (Å²) in [4.78, 5) is 2.23. The Morgan fingerprint density at radius 1 is 1.24 bits per heavy atom. The quantitative estimate of drug-likeness (QED) is 0.635. The van der Waals surface area contributed by atoms with Crippen LogP contribution in [0.4, 0.5) is 0 Å². The number of ether oxygens (including phenoxy) is 2. The average molecular weight is 292 g/mol. The van der Waals surface area contributed by atoms with Crippen LogP contribution in [0.25, 0.3) is 0 Å². The van der Waals surface area contributed by atoms with E-state index in [1.54, 1.807) is 0 Å². The van der Waals surface area contributed by atoms with Gasteiger partial charge in [-0.15, -0.1) is 0 Å². The van der Waals surface area contributed by atoms with E-state index < -0.39 is 0 Å². The second-order valence-electron chi connectivity index (χ2n) is 5.65. The van der Waals surface area contributed by atoms with Crippen molar-refractivity contribution < 1.29 is 9.47 Å². The molecule has 0 heterocycles. The van der Waals surface area contributed by atoms with E-state index in [-0.39, 0.29) is 0 Å². The van der Waals surface area contributed by atoms with Gasteiger partial charge in [-0.05, 0) is 44.5 Å². The third kappa shape index (κ3) is 6.93. The van der Waals surface area contributed by atoms with Crippen LogP contribution in [-0.4, -0.2) is 50.9 Å². The third-order valence-corrected chi connectivity index (χ3v) is 3.63. The number of benzene rings is 1. The highest BCUT2D eigenvalue weighted by molar-refractivity contribution is 5.28. The summed E-state index contributed by atoms with van der Waals surface area (Å²) in [5, 5.41) is 3.53. The zero-order valence-corrected chi connectivity index (χ0v) is 13.3. The van der Waals surface area contributed by atoms with Crippen molar-refractivity contribution in [3.8, 4) is 5.75 Å². The summed E-state index contributed by atoms with van der Waals surface area (Å²) in [5.41, 5.74) is 1.30. The van der Waals surface area contributed by atoms with Crippen molar-refractivity contribution in [1.82, 2.24) is 10.2 Å². The first kappa shape index (κ1) is 16.3. The first-order valence-corrected chi connectivity index (χ1v) is 7.99. The van der Waals surface area contributed by atoms with E-state index in [0.29, 0.717) is 6.61 Å². The molecule has 1 fully saturated rings. The summed E-state index contributed by atoms with van der Waals surface area (Å²) in [5.74, 6) is 0.961. The molecule has 0 aliphatic heterocycles. The molecule has 1 aromatic carbocycles. The van der Waals surface area contributed by atoms with Crippen LogP contribution in [0.1, 0.15) is 25.3 Å². The molecule has 118 valence electrons. The molecule has 0 atom stereocenters. The van der Waals surface area contributed by atoms with Crippen molar-refractivity contribution in [2.24, 2.45) is 0 Å². The molecule has 0 amide bonds. The Morgan fingerprint density at radius 2 is 2.05 bits per heavy atom. The number of likely N-dealkylation sites (N-methyl/N-ethyl adjacent to an activating group) is 1. The summed E-state index contributed by atoms with van der Waals surface area (Å²) in [6.45, 7) is 7.11. The Morgan fingerprint density at radius 3 is 2.81 bits per heavy atom. The molecule has 0 aromatic heterocycles. The van der Waals surface area contributed by atoms with Crippen LogP contribution >= 0.6 is 0 Å². The average Bonchev–Trinajstić information content (AvgIpc) is 3.30. The van der Waals surface area contributed by atoms with E-state index >= 15 is 0 Å². The first-order valence-electron chi connectivity index (χ1n) is 7.99. The molecule has 2 rings (SSSR count). The maximum atomic E-state index is 5.84. The molecule has 0 unspecified atom stereocenters. The molecule has 1 aliphatic rings. The molecule has 21 heavy (non-hydrogen) atoms. The summed E-state index contributed by atoms with van der Waals surface area (Å²) < 4.78 is 11.2. The fraction of sp³-hybridized carbons (Fsp3) is 0.647. The largest absolute Gasteiger partial charge is 0.492 e. The maximum absolute atomic E-state index is 5.84. The summed E-state index contributed by atoms with van der Waals surface area (Å²) in [6, 6.07) is 9.12. The molecule has 4 nitrogen and oxygen atoms in total. The SMILES string of the molecule is CCOCCN(C)CCOc1cccc(CNC2CC2)c1. The van der Waals surface area contributed by atoms with Gasteiger partial charge < -0.3 is 19.7 Å². The molecule has 4 heteroatoms. The molecule has 0 radical (unpaired) electrons. The van der Waals surface area contributed by atoms with Crippen LogP contribution in [0.2, 0.25) is 0 Å². The highest BCUT2D eigenvalue weighted by Gasteiger charge is 2.19. The van der Waals surface area contributed by atoms with Gasteiger partial charge in [-0.3, -0.25) is 0 Å². The first-order chi connectivity index (χ1) is 10.3. The summed E-state index contributed by atoms with van der Waals surface area (Å²) in [6.07, 6.45) is 2.65. The smallest absolute Gasteiger partial charge is 0.119 e. The van der Waals surface area contributed by atoms with E-state index in [1.165, 1.54) is 18.4 Å². The number of nitrogens with zero attached hydrogens (tertiary/aromatic N) is 1. The molecule has 0 saturated heterocycles. The Kier molecular flexibility index (Phi) is 7.00. The van der Waals surface area contributed by atoms with Crippen molar-refractivity contribution in [2.75, 3.05) is 40.0 Å². The van der Waals surface area contributed by atoms with Crippen molar-refractivity contribution in [3.63, 3.8) is 0 Å². The van der Waals surface area contributed by atoms with Crippen LogP contribution in [0.15, 0.2) is 24.3 Å². The van der Waals surface area contributed by atoms with E-state index in [0.717, 1.165) is 44.6 Å². The Bertz CT molecular complexity index is 408. The Hall–Kier alpha value is -1.10. The number of hydrogen-bond acceptors (Lipinski definition) is 4. The summed E-state index contributed by atoms with van der Waals surface area (Å²) >= 11 is 0. The minimum Gasteiger partial charge on any atom is -0.492 e. The second kappa shape index (κ2) is 9.03. The minimum atomic E-state index is 0.710. The van der Waals surface area contributed by atoms with E-state index in [1.807, 2.05) is 13.0 Å². The van der Waals surface area contributed by atoms with Gasteiger partial charge in [0.05, 0.1) is 6.61 Å². The standard InChI is InChI=1S/C17H28N2O2/c1-3-20-11-9-19(2)10-12-21-17-6-4-5-15(13-17)14-18-16-7-8-16/h4-6,13,16,18H,3,7-12,14H2,1-2H3. The molecule has 1 saturated carbocycles. The second-order valence-corrected chi connectivity index (χ2v) is 5.65. The molecular formula is C17H28N2O2. The lowest BCUT2D eigenvalue weighted by Gasteiger charge is -2.17. The lowest BCUT2D eigenvalue weighted by molar-refractivity contribution is 0.116. The van der Waals surface area contributed by atoms with Gasteiger partial charge in [-0.1, -0.05) is 12.1 Å². The topological polar surface area (TPSA) is 33.7 Å². The van der Waals surface area contributed by atoms with Gasteiger partial charge in [0.25, 0.3) is 0 Å². The van der Waals surface area contributed by atoms with Gasteiger partial charge in [0.1, 0.15) is 12.4 Å². The molecular weight excluding hydrogens is 264 g/mol. The van der Waals surface area contributed by atoms with Crippen LogP contribution in [0.5, 0.6) is 5.75 Å². The monoisotopic (exact) mass is 292 g/mol. The van der Waals surface area contributed by atoms with Gasteiger partial charge >= 0.3 is 0 Å². The van der Waals surface area contributed by atoms with Gasteiger partial charge in [0.2, 0.25) is 0 Å². The van der Waals surface area contributed by atoms with Gasteiger partial charge in [-0.25, -0.2) is 0 Å². The minimum absolute atomic E-state index is 0.710. The highest BCUT2D eigenvalue weighted by Crippen LogP contribution is 2.20. The zero-order valence-electron chi connectivity index (χ0n) is 13.3. The van der Waals surface area contributed by atoms with E-state index in [9.17, 15) is 0 Å². The lowest BCUT2D eigenvalue weighted by Crippen LogP contribution is -2.27. The molecule has 0 spiro atoms. The molecule has 1 aromatic rings. The molecule has 1 aliphatic carbocycles. The Balaban J connectivity index is 1.63. The third-order valence-electron chi connectivity index (χ3n) is 3.63. The van der Waals surface area contributed by atoms with E-state index in [2.05, 4.69) is 35.5 Å². The van der Waals surface area contributed by atoms with Crippen LogP contribution in [0.3, 0.4) is 0 Å². The van der Waals surface area contributed by atoms with Crippen molar-refractivity contribution in [2.45, 2.75) is 32.4 Å². The fourth-order valence-corrected chi connectivity index (χ4v) is 2.09. The fourth-order valence-electron chi connectivity index (χ4n) is 2.09. The predicted octanol–water partition coefficient (Wildman–Crippen LogP) is 2.29. The van der Waals surface area contributed by atoms with Crippen LogP contribution in [-0.2, 0) is 11.3 Å². The van der Waals surface area contributed by atoms with Gasteiger partial charge in [0.15, 0.2) is 0 Å². The number of rotatable bonds is 11. The summed E-state index contributed by atoms with van der Waals surface area (Å²) in [7, 11) is 2.10. The van der Waals surface area contributed by atoms with Gasteiger partial charge in [-0.2, -0.15) is 0 Å². The normalized spacial score (nSPS) is 14.6. The molecule has 0 bridgehead atoms.